The first-order chi connectivity index (χ1) is 9.13. The molecule has 1 aromatic carbocycles. The molecule has 0 atom stereocenters. The van der Waals surface area contributed by atoms with E-state index in [9.17, 15) is 14.0 Å². The fourth-order valence-corrected chi connectivity index (χ4v) is 1.43. The molecule has 20 heavy (non-hydrogen) atoms. The van der Waals surface area contributed by atoms with Crippen molar-refractivity contribution < 1.29 is 14.0 Å². The van der Waals surface area contributed by atoms with Crippen LogP contribution in [-0.2, 0) is 4.79 Å². The SMILES string of the molecule is Cl.NCCCC(=O)NCCNC(=O)c1ccc(F)cc1. The molecule has 0 unspecified atom stereocenters. The monoisotopic (exact) mass is 303 g/mol. The van der Waals surface area contributed by atoms with Gasteiger partial charge in [0.05, 0.1) is 0 Å². The molecule has 5 nitrogen and oxygen atoms in total. The minimum Gasteiger partial charge on any atom is -0.354 e. The van der Waals surface area contributed by atoms with Crippen LogP contribution < -0.4 is 16.4 Å². The maximum absolute atomic E-state index is 12.7. The summed E-state index contributed by atoms with van der Waals surface area (Å²) >= 11 is 0. The van der Waals surface area contributed by atoms with E-state index >= 15 is 0 Å². The van der Waals surface area contributed by atoms with E-state index in [0.29, 0.717) is 38.0 Å². The Morgan fingerprint density at radius 1 is 1.10 bits per heavy atom. The quantitative estimate of drug-likeness (QED) is 0.652. The number of carbonyl (C=O) groups is 2. The van der Waals surface area contributed by atoms with Gasteiger partial charge in [-0.05, 0) is 37.2 Å². The Bertz CT molecular complexity index is 426. The zero-order valence-corrected chi connectivity index (χ0v) is 11.8. The summed E-state index contributed by atoms with van der Waals surface area (Å²) in [7, 11) is 0. The van der Waals surface area contributed by atoms with Crippen LogP contribution in [0, 0.1) is 5.82 Å². The van der Waals surface area contributed by atoms with Gasteiger partial charge in [0, 0.05) is 25.1 Å². The number of nitrogens with one attached hydrogen (secondary N) is 2. The number of carbonyl (C=O) groups excluding carboxylic acids is 2. The van der Waals surface area contributed by atoms with E-state index in [1.807, 2.05) is 0 Å². The Labute approximate surface area is 123 Å². The molecule has 0 aliphatic heterocycles. The number of hydrogen-bond acceptors (Lipinski definition) is 3. The third kappa shape index (κ3) is 7.06. The summed E-state index contributed by atoms with van der Waals surface area (Å²) in [6.45, 7) is 1.16. The lowest BCUT2D eigenvalue weighted by molar-refractivity contribution is -0.121. The van der Waals surface area contributed by atoms with Gasteiger partial charge in [0.25, 0.3) is 5.91 Å². The smallest absolute Gasteiger partial charge is 0.251 e. The molecule has 0 aromatic heterocycles. The molecule has 0 saturated carbocycles. The Balaban J connectivity index is 0.00000361. The van der Waals surface area contributed by atoms with Gasteiger partial charge in [-0.25, -0.2) is 4.39 Å². The molecule has 0 bridgehead atoms. The van der Waals surface area contributed by atoms with Gasteiger partial charge in [-0.2, -0.15) is 0 Å². The summed E-state index contributed by atoms with van der Waals surface area (Å²) in [6.07, 6.45) is 1.04. The van der Waals surface area contributed by atoms with Gasteiger partial charge in [0.15, 0.2) is 0 Å². The molecule has 0 fully saturated rings. The van der Waals surface area contributed by atoms with E-state index in [0.717, 1.165) is 0 Å². The van der Waals surface area contributed by atoms with Gasteiger partial charge in [0.1, 0.15) is 5.82 Å². The Kier molecular flexibility index (Phi) is 9.32. The van der Waals surface area contributed by atoms with Crippen molar-refractivity contribution in [1.29, 1.82) is 0 Å². The average Bonchev–Trinajstić information content (AvgIpc) is 2.41. The first-order valence-corrected chi connectivity index (χ1v) is 6.14. The molecule has 1 aromatic rings. The van der Waals surface area contributed by atoms with Crippen LogP contribution >= 0.6 is 12.4 Å². The van der Waals surface area contributed by atoms with Crippen molar-refractivity contribution in [3.8, 4) is 0 Å². The molecule has 1 rings (SSSR count). The Hall–Kier alpha value is -1.66. The topological polar surface area (TPSA) is 84.2 Å². The van der Waals surface area contributed by atoms with Crippen molar-refractivity contribution >= 4 is 24.2 Å². The minimum atomic E-state index is -0.385. The molecule has 112 valence electrons. The van der Waals surface area contributed by atoms with E-state index in [1.165, 1.54) is 24.3 Å². The first kappa shape index (κ1) is 18.3. The summed E-state index contributed by atoms with van der Waals surface area (Å²) in [5.74, 6) is -0.763. The fraction of sp³-hybridized carbons (Fsp3) is 0.385. The molecule has 7 heteroatoms. The van der Waals surface area contributed by atoms with Crippen LogP contribution in [0.25, 0.3) is 0 Å². The van der Waals surface area contributed by atoms with Gasteiger partial charge in [-0.1, -0.05) is 0 Å². The third-order valence-corrected chi connectivity index (χ3v) is 2.45. The van der Waals surface area contributed by atoms with Crippen molar-refractivity contribution in [3.63, 3.8) is 0 Å². The highest BCUT2D eigenvalue weighted by Crippen LogP contribution is 2.01. The molecule has 0 aliphatic carbocycles. The number of hydrogen-bond donors (Lipinski definition) is 3. The molecule has 2 amide bonds. The highest BCUT2D eigenvalue weighted by Gasteiger charge is 2.05. The summed E-state index contributed by atoms with van der Waals surface area (Å²) in [4.78, 5) is 22.8. The van der Waals surface area contributed by atoms with Crippen LogP contribution in [0.15, 0.2) is 24.3 Å². The minimum absolute atomic E-state index is 0. The summed E-state index contributed by atoms with van der Waals surface area (Å²) in [5, 5.41) is 5.29. The maximum Gasteiger partial charge on any atom is 0.251 e. The molecule has 0 radical (unpaired) electrons. The van der Waals surface area contributed by atoms with E-state index in [-0.39, 0.29) is 30.0 Å². The van der Waals surface area contributed by atoms with Gasteiger partial charge >= 0.3 is 0 Å². The molecular weight excluding hydrogens is 285 g/mol. The third-order valence-electron chi connectivity index (χ3n) is 2.45. The maximum atomic E-state index is 12.7. The van der Waals surface area contributed by atoms with Crippen LogP contribution in [0.2, 0.25) is 0 Å². The van der Waals surface area contributed by atoms with Crippen molar-refractivity contribution in [1.82, 2.24) is 10.6 Å². The highest BCUT2D eigenvalue weighted by molar-refractivity contribution is 5.94. The zero-order valence-electron chi connectivity index (χ0n) is 11.0. The largest absolute Gasteiger partial charge is 0.354 e. The highest BCUT2D eigenvalue weighted by atomic mass is 35.5. The second-order valence-electron chi connectivity index (χ2n) is 4.00. The summed E-state index contributed by atoms with van der Waals surface area (Å²) < 4.78 is 12.7. The summed E-state index contributed by atoms with van der Waals surface area (Å²) in [6, 6.07) is 5.27. The second kappa shape index (κ2) is 10.2. The van der Waals surface area contributed by atoms with Gasteiger partial charge in [0.2, 0.25) is 5.91 Å². The fourth-order valence-electron chi connectivity index (χ4n) is 1.43. The number of amides is 2. The molecule has 0 aliphatic rings. The van der Waals surface area contributed by atoms with Gasteiger partial charge in [-0.3, -0.25) is 9.59 Å². The van der Waals surface area contributed by atoms with Crippen molar-refractivity contribution in [2.24, 2.45) is 5.73 Å². The Morgan fingerprint density at radius 2 is 1.70 bits per heavy atom. The number of halogens is 2. The van der Waals surface area contributed by atoms with Crippen molar-refractivity contribution in [2.75, 3.05) is 19.6 Å². The molecule has 0 saturated heterocycles. The number of nitrogens with two attached hydrogens (primary N) is 1. The normalized spacial score (nSPS) is 9.50. The van der Waals surface area contributed by atoms with E-state index in [1.54, 1.807) is 0 Å². The standard InChI is InChI=1S/C13H18FN3O2.ClH/c14-11-5-3-10(4-6-11)13(19)17-9-8-16-12(18)2-1-7-15;/h3-6H,1-2,7-9,15H2,(H,16,18)(H,17,19);1H. The van der Waals surface area contributed by atoms with Crippen LogP contribution in [0.4, 0.5) is 4.39 Å². The van der Waals surface area contributed by atoms with Crippen LogP contribution in [-0.4, -0.2) is 31.4 Å². The van der Waals surface area contributed by atoms with E-state index < -0.39 is 0 Å². The van der Waals surface area contributed by atoms with Crippen LogP contribution in [0.3, 0.4) is 0 Å². The van der Waals surface area contributed by atoms with Crippen molar-refractivity contribution in [2.45, 2.75) is 12.8 Å². The molecule has 0 spiro atoms. The van der Waals surface area contributed by atoms with Gasteiger partial charge < -0.3 is 16.4 Å². The predicted molar refractivity (Wildman–Crippen MR) is 77.3 cm³/mol. The average molecular weight is 304 g/mol. The van der Waals surface area contributed by atoms with Crippen LogP contribution in [0.5, 0.6) is 0 Å². The predicted octanol–water partition coefficient (Wildman–Crippen LogP) is 0.832. The molecule has 4 N–H and O–H groups in total. The summed E-state index contributed by atoms with van der Waals surface area (Å²) in [5.41, 5.74) is 5.67. The number of rotatable bonds is 7. The lowest BCUT2D eigenvalue weighted by Gasteiger charge is -2.07. The van der Waals surface area contributed by atoms with Gasteiger partial charge in [-0.15, -0.1) is 12.4 Å². The van der Waals surface area contributed by atoms with E-state index in [2.05, 4.69) is 10.6 Å². The Morgan fingerprint density at radius 3 is 2.30 bits per heavy atom. The first-order valence-electron chi connectivity index (χ1n) is 6.14. The van der Waals surface area contributed by atoms with Crippen LogP contribution in [0.1, 0.15) is 23.2 Å². The lowest BCUT2D eigenvalue weighted by atomic mass is 10.2. The second-order valence-corrected chi connectivity index (χ2v) is 4.00. The zero-order chi connectivity index (χ0) is 14.1. The number of benzene rings is 1. The molecular formula is C13H19ClFN3O2. The molecule has 0 heterocycles. The lowest BCUT2D eigenvalue weighted by Crippen LogP contribution is -2.34. The van der Waals surface area contributed by atoms with E-state index in [4.69, 9.17) is 5.73 Å². The van der Waals surface area contributed by atoms with Crippen molar-refractivity contribution in [3.05, 3.63) is 35.6 Å².